The van der Waals surface area contributed by atoms with Gasteiger partial charge in [0.2, 0.25) is 0 Å². The van der Waals surface area contributed by atoms with Crippen molar-refractivity contribution in [3.05, 3.63) is 36.5 Å². The van der Waals surface area contributed by atoms with Gasteiger partial charge in [0, 0.05) is 0 Å². The minimum atomic E-state index is -0.615. The summed E-state index contributed by atoms with van der Waals surface area (Å²) >= 11 is 0. The molecule has 0 aromatic heterocycles. The Kier molecular flexibility index (Phi) is 9.96. The Labute approximate surface area is 120 Å². The maximum absolute atomic E-state index is 11.6. The fraction of sp³-hybridized carbons (Fsp3) is 0.467. The van der Waals surface area contributed by atoms with Crippen LogP contribution >= 0.6 is 0 Å². The number of allylic oxidation sites excluding steroid dienone is 3. The van der Waals surface area contributed by atoms with Gasteiger partial charge in [-0.1, -0.05) is 30.9 Å². The highest BCUT2D eigenvalue weighted by atomic mass is 16.5. The lowest BCUT2D eigenvalue weighted by Gasteiger charge is -2.15. The number of Topliss-reactive ketones (excluding diaryl/α,β-unsaturated/α-hetero) is 1. The van der Waals surface area contributed by atoms with E-state index < -0.39 is 12.1 Å². The molecule has 0 aliphatic carbocycles. The third kappa shape index (κ3) is 8.26. The maximum atomic E-state index is 11.6. The van der Waals surface area contributed by atoms with Crippen LogP contribution in [0.15, 0.2) is 36.5 Å². The van der Waals surface area contributed by atoms with Crippen LogP contribution in [0.1, 0.15) is 26.7 Å². The van der Waals surface area contributed by atoms with Crippen LogP contribution in [-0.2, 0) is 9.53 Å². The van der Waals surface area contributed by atoms with Crippen LogP contribution in [0.5, 0.6) is 0 Å². The van der Waals surface area contributed by atoms with Crippen molar-refractivity contribution in [3.63, 3.8) is 0 Å². The van der Waals surface area contributed by atoms with Crippen molar-refractivity contribution in [2.45, 2.75) is 32.7 Å². The van der Waals surface area contributed by atoms with Gasteiger partial charge in [-0.25, -0.2) is 4.79 Å². The molecular weight excluding hydrogens is 256 g/mol. The predicted octanol–water partition coefficient (Wildman–Crippen LogP) is 2.10. The molecule has 0 saturated carbocycles. The number of nitrogens with two attached hydrogens (primary N) is 1. The topological polar surface area (TPSA) is 81.4 Å². The van der Waals surface area contributed by atoms with E-state index in [4.69, 9.17) is 10.5 Å². The molecule has 0 bridgehead atoms. The minimum Gasteiger partial charge on any atom is -0.445 e. The second kappa shape index (κ2) is 11.0. The van der Waals surface area contributed by atoms with Gasteiger partial charge in [-0.3, -0.25) is 4.79 Å². The number of nitrogens with one attached hydrogen (secondary N) is 1. The second-order valence-electron chi connectivity index (χ2n) is 4.29. The summed E-state index contributed by atoms with van der Waals surface area (Å²) in [5, 5.41) is 2.54. The molecule has 0 aromatic carbocycles. The van der Waals surface area contributed by atoms with Crippen molar-refractivity contribution in [1.82, 2.24) is 5.32 Å². The van der Waals surface area contributed by atoms with Crippen LogP contribution in [0.4, 0.5) is 4.79 Å². The molecule has 5 heteroatoms. The summed E-state index contributed by atoms with van der Waals surface area (Å²) in [6.07, 6.45) is 7.68. The van der Waals surface area contributed by atoms with E-state index in [9.17, 15) is 9.59 Å². The summed E-state index contributed by atoms with van der Waals surface area (Å²) in [6.45, 7) is 7.55. The number of ketones is 1. The second-order valence-corrected chi connectivity index (χ2v) is 4.29. The van der Waals surface area contributed by atoms with Crippen LogP contribution in [0, 0.1) is 0 Å². The number of carbonyl (C=O) groups excluding carboxylic acids is 2. The molecule has 0 radical (unpaired) electrons. The molecule has 5 nitrogen and oxygen atoms in total. The zero-order chi connectivity index (χ0) is 15.4. The van der Waals surface area contributed by atoms with E-state index in [1.807, 2.05) is 19.1 Å². The van der Waals surface area contributed by atoms with Crippen molar-refractivity contribution >= 4 is 11.9 Å². The van der Waals surface area contributed by atoms with E-state index in [1.165, 1.54) is 6.92 Å². The van der Waals surface area contributed by atoms with Gasteiger partial charge >= 0.3 is 6.09 Å². The van der Waals surface area contributed by atoms with Gasteiger partial charge in [-0.15, -0.1) is 0 Å². The zero-order valence-corrected chi connectivity index (χ0v) is 12.2. The van der Waals surface area contributed by atoms with E-state index in [1.54, 1.807) is 12.2 Å². The van der Waals surface area contributed by atoms with Gasteiger partial charge in [-0.05, 0) is 38.8 Å². The molecule has 1 unspecified atom stereocenters. The van der Waals surface area contributed by atoms with Crippen LogP contribution in [0.3, 0.4) is 0 Å². The first-order valence-electron chi connectivity index (χ1n) is 6.63. The van der Waals surface area contributed by atoms with E-state index in [0.717, 1.165) is 5.57 Å². The first-order valence-corrected chi connectivity index (χ1v) is 6.63. The summed E-state index contributed by atoms with van der Waals surface area (Å²) < 4.78 is 5.05. The molecule has 1 amide bonds. The lowest BCUT2D eigenvalue weighted by atomic mass is 10.1. The normalized spacial score (nSPS) is 13.1. The lowest BCUT2D eigenvalue weighted by molar-refractivity contribution is -0.119. The number of amides is 1. The Hall–Kier alpha value is -1.88. The number of alkyl carbamates (subject to hydrolysis) is 1. The summed E-state index contributed by atoms with van der Waals surface area (Å²) in [5.41, 5.74) is 6.17. The fourth-order valence-electron chi connectivity index (χ4n) is 1.43. The Morgan fingerprint density at radius 3 is 2.65 bits per heavy atom. The predicted molar refractivity (Wildman–Crippen MR) is 80.3 cm³/mol. The van der Waals surface area contributed by atoms with Crippen molar-refractivity contribution in [3.8, 4) is 0 Å². The highest BCUT2D eigenvalue weighted by molar-refractivity contribution is 5.85. The van der Waals surface area contributed by atoms with Gasteiger partial charge in [-0.2, -0.15) is 0 Å². The van der Waals surface area contributed by atoms with Crippen molar-refractivity contribution in [1.29, 1.82) is 0 Å². The third-order valence-electron chi connectivity index (χ3n) is 2.61. The number of rotatable bonds is 9. The molecule has 0 aliphatic rings. The fourth-order valence-corrected chi connectivity index (χ4v) is 1.43. The van der Waals surface area contributed by atoms with Crippen molar-refractivity contribution in [2.24, 2.45) is 5.73 Å². The smallest absolute Gasteiger partial charge is 0.408 e. The lowest BCUT2D eigenvalue weighted by Crippen LogP contribution is -2.40. The molecule has 0 aromatic rings. The van der Waals surface area contributed by atoms with Gasteiger partial charge in [0.05, 0.1) is 6.04 Å². The van der Waals surface area contributed by atoms with Crippen LogP contribution in [0.2, 0.25) is 0 Å². The Morgan fingerprint density at radius 1 is 1.45 bits per heavy atom. The summed E-state index contributed by atoms with van der Waals surface area (Å²) in [7, 11) is 0. The van der Waals surface area contributed by atoms with E-state index in [0.29, 0.717) is 19.4 Å². The summed E-state index contributed by atoms with van der Waals surface area (Å²) in [5.74, 6) is -0.108. The third-order valence-corrected chi connectivity index (χ3v) is 2.61. The first kappa shape index (κ1) is 18.1. The van der Waals surface area contributed by atoms with Crippen LogP contribution in [0.25, 0.3) is 0 Å². The van der Waals surface area contributed by atoms with Gasteiger partial charge in [0.25, 0.3) is 0 Å². The van der Waals surface area contributed by atoms with Crippen LogP contribution < -0.4 is 11.1 Å². The average molecular weight is 280 g/mol. The van der Waals surface area contributed by atoms with Gasteiger partial charge in [0.15, 0.2) is 5.78 Å². The average Bonchev–Trinajstić information content (AvgIpc) is 2.43. The summed E-state index contributed by atoms with van der Waals surface area (Å²) in [4.78, 5) is 23.0. The molecule has 112 valence electrons. The zero-order valence-electron chi connectivity index (χ0n) is 12.2. The molecule has 0 aliphatic heterocycles. The molecule has 0 spiro atoms. The molecular formula is C15H24N2O3. The van der Waals surface area contributed by atoms with E-state index in [2.05, 4.69) is 11.9 Å². The molecule has 0 heterocycles. The van der Waals surface area contributed by atoms with E-state index in [-0.39, 0.29) is 12.4 Å². The SMILES string of the molecule is C=C/C(=C\C=C/C)COC(=O)NC(CCCN)C(C)=O. The number of ether oxygens (including phenoxy) is 1. The quantitative estimate of drug-likeness (QED) is 0.634. The Morgan fingerprint density at radius 2 is 2.15 bits per heavy atom. The highest BCUT2D eigenvalue weighted by Gasteiger charge is 2.17. The number of hydrogen-bond acceptors (Lipinski definition) is 4. The molecule has 3 N–H and O–H groups in total. The van der Waals surface area contributed by atoms with E-state index >= 15 is 0 Å². The Bertz CT molecular complexity index is 387. The first-order chi connectivity index (χ1) is 9.54. The molecule has 20 heavy (non-hydrogen) atoms. The monoisotopic (exact) mass is 280 g/mol. The van der Waals surface area contributed by atoms with Crippen molar-refractivity contribution in [2.75, 3.05) is 13.2 Å². The highest BCUT2D eigenvalue weighted by Crippen LogP contribution is 2.01. The number of carbonyl (C=O) groups is 2. The molecule has 1 atom stereocenters. The van der Waals surface area contributed by atoms with Crippen molar-refractivity contribution < 1.29 is 14.3 Å². The van der Waals surface area contributed by atoms with Gasteiger partial charge < -0.3 is 15.8 Å². The number of hydrogen-bond donors (Lipinski definition) is 2. The van der Waals surface area contributed by atoms with Gasteiger partial charge in [0.1, 0.15) is 6.61 Å². The maximum Gasteiger partial charge on any atom is 0.408 e. The summed E-state index contributed by atoms with van der Waals surface area (Å²) in [6, 6.07) is -0.544. The molecule has 0 saturated heterocycles. The largest absolute Gasteiger partial charge is 0.445 e. The molecule has 0 rings (SSSR count). The minimum absolute atomic E-state index is 0.108. The Balaban J connectivity index is 4.31. The molecule has 0 fully saturated rings. The standard InChI is InChI=1S/C15H24N2O3/c1-4-6-8-13(5-2)11-20-15(19)17-14(12(3)18)9-7-10-16/h4-6,8,14H,2,7,9-11,16H2,1,3H3,(H,17,19)/b6-4-,13-8+. The van der Waals surface area contributed by atoms with Crippen LogP contribution in [-0.4, -0.2) is 31.1 Å².